The summed E-state index contributed by atoms with van der Waals surface area (Å²) in [5.74, 6) is 0.615. The van der Waals surface area contributed by atoms with Gasteiger partial charge < -0.3 is 24.2 Å². The maximum absolute atomic E-state index is 12.9. The van der Waals surface area contributed by atoms with Crippen LogP contribution in [0.15, 0.2) is 48.6 Å². The quantitative estimate of drug-likeness (QED) is 0.440. The van der Waals surface area contributed by atoms with Gasteiger partial charge in [-0.1, -0.05) is 18.2 Å². The van der Waals surface area contributed by atoms with E-state index in [2.05, 4.69) is 18.0 Å². The van der Waals surface area contributed by atoms with Gasteiger partial charge in [0.25, 0.3) is 0 Å². The van der Waals surface area contributed by atoms with Crippen LogP contribution in [0.5, 0.6) is 17.2 Å². The van der Waals surface area contributed by atoms with Crippen molar-refractivity contribution in [1.82, 2.24) is 4.90 Å². The second-order valence-electron chi connectivity index (χ2n) is 9.42. The van der Waals surface area contributed by atoms with Crippen LogP contribution in [0.25, 0.3) is 0 Å². The van der Waals surface area contributed by atoms with Crippen molar-refractivity contribution in [2.45, 2.75) is 43.4 Å². The molecular weight excluding hydrogens is 422 g/mol. The lowest BCUT2D eigenvalue weighted by molar-refractivity contribution is -0.131. The van der Waals surface area contributed by atoms with E-state index in [-0.39, 0.29) is 17.4 Å². The molecule has 0 amide bonds. The van der Waals surface area contributed by atoms with Gasteiger partial charge in [-0.3, -0.25) is 4.79 Å². The predicted octanol–water partition coefficient (Wildman–Crippen LogP) is 2.64. The van der Waals surface area contributed by atoms with Crippen LogP contribution in [0.2, 0.25) is 0 Å². The fourth-order valence-electron chi connectivity index (χ4n) is 6.29. The molecule has 7 nitrogen and oxygen atoms in total. The Bertz CT molecular complexity index is 1190. The molecule has 7 heteroatoms. The topological polar surface area (TPSA) is 85.3 Å². The first-order valence-electron chi connectivity index (χ1n) is 11.3. The number of ether oxygens (including phenoxy) is 3. The monoisotopic (exact) mass is 447 g/mol. The van der Waals surface area contributed by atoms with E-state index >= 15 is 0 Å². The average Bonchev–Trinajstić information content (AvgIpc) is 3.14. The summed E-state index contributed by atoms with van der Waals surface area (Å²) < 4.78 is 17.2. The van der Waals surface area contributed by atoms with Gasteiger partial charge in [-0.15, -0.1) is 0 Å². The molecule has 2 aliphatic carbocycles. The van der Waals surface area contributed by atoms with E-state index in [9.17, 15) is 14.7 Å². The molecule has 2 bridgehead atoms. The number of piperidine rings is 1. The number of rotatable bonds is 3. The summed E-state index contributed by atoms with van der Waals surface area (Å²) in [6.45, 7) is 2.25. The highest BCUT2D eigenvalue weighted by Gasteiger charge is 2.64. The Morgan fingerprint density at radius 1 is 1.12 bits per heavy atom. The highest BCUT2D eigenvalue weighted by molar-refractivity contribution is 5.91. The zero-order valence-electron chi connectivity index (χ0n) is 18.5. The van der Waals surface area contributed by atoms with Crippen molar-refractivity contribution in [3.8, 4) is 17.2 Å². The number of carbonyl (C=O) groups is 2. The van der Waals surface area contributed by atoms with Crippen LogP contribution in [0, 0.1) is 5.92 Å². The van der Waals surface area contributed by atoms with Crippen molar-refractivity contribution in [2.75, 3.05) is 13.6 Å². The number of esters is 2. The molecule has 1 saturated heterocycles. The molecule has 0 saturated carbocycles. The van der Waals surface area contributed by atoms with Gasteiger partial charge in [0, 0.05) is 29.9 Å². The predicted molar refractivity (Wildman–Crippen MR) is 119 cm³/mol. The van der Waals surface area contributed by atoms with Crippen molar-refractivity contribution in [3.63, 3.8) is 0 Å². The van der Waals surface area contributed by atoms with Gasteiger partial charge in [-0.25, -0.2) is 4.79 Å². The van der Waals surface area contributed by atoms with Crippen molar-refractivity contribution >= 4 is 11.9 Å². The molecule has 2 aromatic rings. The second-order valence-corrected chi connectivity index (χ2v) is 9.42. The van der Waals surface area contributed by atoms with Gasteiger partial charge in [0.2, 0.25) is 0 Å². The van der Waals surface area contributed by atoms with Gasteiger partial charge in [-0.2, -0.15) is 0 Å². The summed E-state index contributed by atoms with van der Waals surface area (Å²) >= 11 is 0. The van der Waals surface area contributed by atoms with Crippen LogP contribution >= 0.6 is 0 Å². The third-order valence-corrected chi connectivity index (χ3v) is 7.69. The Balaban J connectivity index is 1.36. The molecule has 2 aromatic carbocycles. The number of carbonyl (C=O) groups excluding carboxylic acids is 2. The van der Waals surface area contributed by atoms with E-state index in [1.54, 1.807) is 30.3 Å². The Morgan fingerprint density at radius 2 is 1.91 bits per heavy atom. The van der Waals surface area contributed by atoms with Crippen LogP contribution in [-0.2, 0) is 16.6 Å². The summed E-state index contributed by atoms with van der Waals surface area (Å²) in [7, 11) is 2.16. The molecule has 33 heavy (non-hydrogen) atoms. The van der Waals surface area contributed by atoms with Crippen LogP contribution in [0.1, 0.15) is 34.8 Å². The lowest BCUT2D eigenvalue weighted by atomic mass is 9.53. The van der Waals surface area contributed by atoms with Gasteiger partial charge >= 0.3 is 11.9 Å². The number of benzene rings is 2. The average molecular weight is 447 g/mol. The Kier molecular flexibility index (Phi) is 4.44. The minimum Gasteiger partial charge on any atom is -0.482 e. The summed E-state index contributed by atoms with van der Waals surface area (Å²) in [6, 6.07) is 10.4. The number of likely N-dealkylation sites (tertiary alicyclic amines) is 1. The zero-order valence-corrected chi connectivity index (χ0v) is 18.5. The van der Waals surface area contributed by atoms with Crippen LogP contribution in [0.4, 0.5) is 0 Å². The molecule has 0 unspecified atom stereocenters. The van der Waals surface area contributed by atoms with Crippen molar-refractivity contribution in [2.24, 2.45) is 5.92 Å². The first-order chi connectivity index (χ1) is 15.9. The molecule has 0 radical (unpaired) electrons. The van der Waals surface area contributed by atoms with E-state index in [0.717, 1.165) is 24.9 Å². The Labute approximate surface area is 191 Å². The number of aliphatic hydroxyl groups excluding tert-OH is 1. The summed E-state index contributed by atoms with van der Waals surface area (Å²) in [5.41, 5.74) is 2.33. The standard InChI is InChI=1S/C26H25NO6/c1-14(28)31-17-6-3-15(4-7-17)25(30)32-21-10-5-16-13-19-18-8-9-20(29)24-26(18,11-12-27(19)2)22(16)23(21)33-24/h3-10,18-20,24,29H,11-13H2,1-2H3/t18-,19+,20-,24-,26-/m0/s1. The van der Waals surface area contributed by atoms with Crippen molar-refractivity contribution in [1.29, 1.82) is 0 Å². The summed E-state index contributed by atoms with van der Waals surface area (Å²) in [5, 5.41) is 10.8. The fourth-order valence-corrected chi connectivity index (χ4v) is 6.29. The molecule has 1 spiro atoms. The first-order valence-corrected chi connectivity index (χ1v) is 11.3. The lowest BCUT2D eigenvalue weighted by Gasteiger charge is -2.56. The van der Waals surface area contributed by atoms with E-state index in [4.69, 9.17) is 14.2 Å². The maximum Gasteiger partial charge on any atom is 0.343 e. The molecule has 170 valence electrons. The SMILES string of the molecule is CC(=O)Oc1ccc(C(=O)Oc2ccc3c4c2O[C@H]2[C@@H](O)C=C[C@H]5[C@@H](C3)N(C)CC[C@@]452)cc1. The Hall–Kier alpha value is -3.16. The molecule has 6 rings (SSSR count). The number of hydrogen-bond acceptors (Lipinski definition) is 7. The molecule has 4 aliphatic rings. The summed E-state index contributed by atoms with van der Waals surface area (Å²) in [6.07, 6.45) is 4.69. The molecule has 1 fully saturated rings. The van der Waals surface area contributed by atoms with Crippen molar-refractivity contribution in [3.05, 3.63) is 65.2 Å². The van der Waals surface area contributed by atoms with E-state index in [1.807, 2.05) is 12.1 Å². The number of likely N-dealkylation sites (N-methyl/N-ethyl adjacent to an activating group) is 1. The molecule has 2 heterocycles. The van der Waals surface area contributed by atoms with Crippen LogP contribution in [0.3, 0.4) is 0 Å². The molecule has 2 aliphatic heterocycles. The minimum atomic E-state index is -0.707. The lowest BCUT2D eigenvalue weighted by Crippen LogP contribution is -2.64. The van der Waals surface area contributed by atoms with E-state index < -0.39 is 18.0 Å². The van der Waals surface area contributed by atoms with Gasteiger partial charge in [-0.05, 0) is 62.3 Å². The van der Waals surface area contributed by atoms with Gasteiger partial charge in [0.15, 0.2) is 11.5 Å². The van der Waals surface area contributed by atoms with Crippen molar-refractivity contribution < 1.29 is 28.9 Å². The second kappa shape index (κ2) is 7.17. The fraction of sp³-hybridized carbons (Fsp3) is 0.385. The first kappa shape index (κ1) is 20.4. The highest BCUT2D eigenvalue weighted by Crippen LogP contribution is 2.62. The largest absolute Gasteiger partial charge is 0.482 e. The van der Waals surface area contributed by atoms with Gasteiger partial charge in [0.05, 0.1) is 5.56 Å². The molecule has 5 atom stereocenters. The highest BCUT2D eigenvalue weighted by atomic mass is 16.6. The summed E-state index contributed by atoms with van der Waals surface area (Å²) in [4.78, 5) is 26.4. The zero-order chi connectivity index (χ0) is 22.9. The number of nitrogens with zero attached hydrogens (tertiary/aromatic N) is 1. The third-order valence-electron chi connectivity index (χ3n) is 7.69. The molecular formula is C26H25NO6. The smallest absolute Gasteiger partial charge is 0.343 e. The van der Waals surface area contributed by atoms with Crippen LogP contribution in [-0.4, -0.2) is 53.8 Å². The molecule has 0 aromatic heterocycles. The minimum absolute atomic E-state index is 0.248. The third kappa shape index (κ3) is 2.89. The van der Waals surface area contributed by atoms with Crippen LogP contribution < -0.4 is 14.2 Å². The van der Waals surface area contributed by atoms with Gasteiger partial charge in [0.1, 0.15) is 18.0 Å². The number of hydrogen-bond donors (Lipinski definition) is 1. The van der Waals surface area contributed by atoms with E-state index in [1.165, 1.54) is 12.5 Å². The molecule has 1 N–H and O–H groups in total. The normalized spacial score (nSPS) is 30.9. The Morgan fingerprint density at radius 3 is 2.67 bits per heavy atom. The maximum atomic E-state index is 12.9. The van der Waals surface area contributed by atoms with E-state index in [0.29, 0.717) is 28.9 Å². The number of aliphatic hydroxyl groups is 1.